The maximum absolute atomic E-state index is 12.8. The molecule has 0 saturated carbocycles. The molecule has 182 valence electrons. The number of carbonyl (C=O) groups is 2. The van der Waals surface area contributed by atoms with Crippen LogP contribution in [0.5, 0.6) is 11.5 Å². The number of benzene rings is 3. The molecule has 0 aliphatic rings. The van der Waals surface area contributed by atoms with Crippen molar-refractivity contribution in [2.45, 2.75) is 12.6 Å². The first-order chi connectivity index (χ1) is 16.6. The third-order valence-electron chi connectivity index (χ3n) is 4.78. The minimum absolute atomic E-state index is 0.0154. The molecule has 0 unspecified atom stereocenters. The van der Waals surface area contributed by atoms with E-state index in [0.29, 0.717) is 23.3 Å². The Kier molecular flexibility index (Phi) is 8.08. The van der Waals surface area contributed by atoms with Crippen LogP contribution in [-0.2, 0) is 11.2 Å². The third-order valence-corrected chi connectivity index (χ3v) is 4.78. The fourth-order valence-electron chi connectivity index (χ4n) is 3.12. The van der Waals surface area contributed by atoms with E-state index in [1.807, 2.05) is 30.3 Å². The summed E-state index contributed by atoms with van der Waals surface area (Å²) >= 11 is 0. The lowest BCUT2D eigenvalue weighted by Gasteiger charge is -2.14. The van der Waals surface area contributed by atoms with E-state index in [9.17, 15) is 22.8 Å². The van der Waals surface area contributed by atoms with E-state index in [1.54, 1.807) is 30.3 Å². The Morgan fingerprint density at radius 3 is 2.37 bits per heavy atom. The lowest BCUT2D eigenvalue weighted by atomic mass is 10.0. The predicted octanol–water partition coefficient (Wildman–Crippen LogP) is 3.84. The molecule has 0 heterocycles. The van der Waals surface area contributed by atoms with Crippen molar-refractivity contribution in [1.82, 2.24) is 5.32 Å². The molecule has 3 aromatic carbocycles. The largest absolute Gasteiger partial charge is 0.492 e. The summed E-state index contributed by atoms with van der Waals surface area (Å²) in [6.07, 6.45) is -4.85. The van der Waals surface area contributed by atoms with Gasteiger partial charge in [-0.1, -0.05) is 48.5 Å². The van der Waals surface area contributed by atoms with E-state index in [0.717, 1.165) is 5.56 Å². The topological polar surface area (TPSA) is 115 Å². The third kappa shape index (κ3) is 7.32. The number of amidine groups is 1. The maximum Gasteiger partial charge on any atom is 0.491 e. The zero-order valence-corrected chi connectivity index (χ0v) is 18.4. The van der Waals surface area contributed by atoms with Gasteiger partial charge in [0.25, 0.3) is 5.91 Å². The Bertz CT molecular complexity index is 1210. The highest BCUT2D eigenvalue weighted by atomic mass is 19.4. The van der Waals surface area contributed by atoms with Crippen molar-refractivity contribution in [1.29, 1.82) is 5.41 Å². The van der Waals surface area contributed by atoms with Crippen molar-refractivity contribution in [3.63, 3.8) is 0 Å². The molecule has 0 bridgehead atoms. The molecule has 0 saturated heterocycles. The Labute approximate surface area is 199 Å². The van der Waals surface area contributed by atoms with E-state index in [1.165, 1.54) is 12.1 Å². The van der Waals surface area contributed by atoms with Crippen molar-refractivity contribution in [3.8, 4) is 11.5 Å². The Hall–Kier alpha value is -4.34. The summed E-state index contributed by atoms with van der Waals surface area (Å²) in [5.41, 5.74) is 7.14. The van der Waals surface area contributed by atoms with Gasteiger partial charge in [0.05, 0.1) is 12.1 Å². The standard InChI is InChI=1S/C25H22F3N3O4/c26-25(27,28)24(33)35-21-14-17(13-16-5-2-1-3-6-16)9-10-20(21)23(32)31-11-12-34-19-8-4-7-18(15-19)22(29)30/h1-10,14-15H,11-13H2,(H3,29,30)(H,31,32). The number of carbonyl (C=O) groups excluding carboxylic acids is 2. The summed E-state index contributed by atoms with van der Waals surface area (Å²) in [6, 6.07) is 19.8. The van der Waals surface area contributed by atoms with Gasteiger partial charge in [-0.3, -0.25) is 10.2 Å². The molecule has 10 heteroatoms. The number of halogens is 3. The SMILES string of the molecule is N=C(N)c1cccc(OCCNC(=O)c2ccc(Cc3ccccc3)cc2OC(=O)C(F)(F)F)c1. The number of hydrogen-bond donors (Lipinski definition) is 3. The van der Waals surface area contributed by atoms with E-state index in [2.05, 4.69) is 10.1 Å². The molecule has 4 N–H and O–H groups in total. The van der Waals surface area contributed by atoms with Gasteiger partial charge in [-0.05, 0) is 41.8 Å². The first-order valence-corrected chi connectivity index (χ1v) is 10.4. The molecule has 35 heavy (non-hydrogen) atoms. The maximum atomic E-state index is 12.8. The average Bonchev–Trinajstić information content (AvgIpc) is 2.82. The first kappa shape index (κ1) is 25.3. The normalized spacial score (nSPS) is 10.9. The van der Waals surface area contributed by atoms with Crippen LogP contribution >= 0.6 is 0 Å². The van der Waals surface area contributed by atoms with Gasteiger partial charge in [0.15, 0.2) is 0 Å². The number of hydrogen-bond acceptors (Lipinski definition) is 5. The van der Waals surface area contributed by atoms with E-state index in [-0.39, 0.29) is 24.6 Å². The zero-order chi connectivity index (χ0) is 25.4. The van der Waals surface area contributed by atoms with Crippen molar-refractivity contribution >= 4 is 17.7 Å². The molecular weight excluding hydrogens is 463 g/mol. The Balaban J connectivity index is 1.69. The minimum Gasteiger partial charge on any atom is -0.492 e. The molecule has 7 nitrogen and oxygen atoms in total. The van der Waals surface area contributed by atoms with Crippen LogP contribution in [0.15, 0.2) is 72.8 Å². The zero-order valence-electron chi connectivity index (χ0n) is 18.4. The quantitative estimate of drug-likeness (QED) is 0.140. The van der Waals surface area contributed by atoms with Crippen LogP contribution in [0.4, 0.5) is 13.2 Å². The molecule has 3 rings (SSSR count). The number of esters is 1. The predicted molar refractivity (Wildman–Crippen MR) is 123 cm³/mol. The van der Waals surface area contributed by atoms with Gasteiger partial charge in [-0.2, -0.15) is 13.2 Å². The van der Waals surface area contributed by atoms with Crippen LogP contribution in [0.25, 0.3) is 0 Å². The highest BCUT2D eigenvalue weighted by molar-refractivity contribution is 5.98. The van der Waals surface area contributed by atoms with Gasteiger partial charge < -0.3 is 20.5 Å². The van der Waals surface area contributed by atoms with Crippen LogP contribution in [-0.4, -0.2) is 37.0 Å². The summed E-state index contributed by atoms with van der Waals surface area (Å²) in [7, 11) is 0. The second-order valence-corrected chi connectivity index (χ2v) is 7.43. The fraction of sp³-hybridized carbons (Fsp3) is 0.160. The first-order valence-electron chi connectivity index (χ1n) is 10.4. The van der Waals surface area contributed by atoms with Crippen LogP contribution in [0.2, 0.25) is 0 Å². The molecule has 0 aliphatic carbocycles. The number of nitrogens with two attached hydrogens (primary N) is 1. The molecule has 0 spiro atoms. The van der Waals surface area contributed by atoms with Crippen molar-refractivity contribution in [2.75, 3.05) is 13.2 Å². The van der Waals surface area contributed by atoms with Gasteiger partial charge in [0.1, 0.15) is 23.9 Å². The summed E-state index contributed by atoms with van der Waals surface area (Å²) in [6.45, 7) is 0.0540. The second kappa shape index (κ2) is 11.2. The molecule has 0 fully saturated rings. The fourth-order valence-corrected chi connectivity index (χ4v) is 3.12. The average molecular weight is 485 g/mol. The van der Waals surface area contributed by atoms with Crippen LogP contribution in [0, 0.1) is 5.41 Å². The minimum atomic E-state index is -5.22. The summed E-state index contributed by atoms with van der Waals surface area (Å²) in [5.74, 6) is -3.34. The highest BCUT2D eigenvalue weighted by Crippen LogP contribution is 2.26. The van der Waals surface area contributed by atoms with Crippen molar-refractivity contribution in [3.05, 3.63) is 95.1 Å². The van der Waals surface area contributed by atoms with Gasteiger partial charge in [0, 0.05) is 5.56 Å². The molecule has 3 aromatic rings. The van der Waals surface area contributed by atoms with E-state index >= 15 is 0 Å². The number of ether oxygens (including phenoxy) is 2. The van der Waals surface area contributed by atoms with Gasteiger partial charge in [0.2, 0.25) is 0 Å². The summed E-state index contributed by atoms with van der Waals surface area (Å²) in [5, 5.41) is 9.97. The molecule has 0 atom stereocenters. The highest BCUT2D eigenvalue weighted by Gasteiger charge is 2.42. The number of nitrogens with one attached hydrogen (secondary N) is 2. The van der Waals surface area contributed by atoms with E-state index in [4.69, 9.17) is 15.9 Å². The second-order valence-electron chi connectivity index (χ2n) is 7.43. The van der Waals surface area contributed by atoms with Crippen LogP contribution < -0.4 is 20.5 Å². The summed E-state index contributed by atoms with van der Waals surface area (Å²) in [4.78, 5) is 24.1. The lowest BCUT2D eigenvalue weighted by molar-refractivity contribution is -0.189. The van der Waals surface area contributed by atoms with Crippen molar-refractivity contribution < 1.29 is 32.2 Å². The number of alkyl halides is 3. The molecule has 0 aliphatic heterocycles. The van der Waals surface area contributed by atoms with Gasteiger partial charge in [-0.25, -0.2) is 4.79 Å². The number of nitrogen functional groups attached to an aromatic ring is 1. The number of amides is 1. The number of rotatable bonds is 9. The Morgan fingerprint density at radius 1 is 0.943 bits per heavy atom. The molecule has 0 aromatic heterocycles. The summed E-state index contributed by atoms with van der Waals surface area (Å²) < 4.78 is 48.4. The molecule has 1 amide bonds. The van der Waals surface area contributed by atoms with Crippen LogP contribution in [0.3, 0.4) is 0 Å². The van der Waals surface area contributed by atoms with Gasteiger partial charge in [-0.15, -0.1) is 0 Å². The van der Waals surface area contributed by atoms with Crippen LogP contribution in [0.1, 0.15) is 27.0 Å². The van der Waals surface area contributed by atoms with E-state index < -0.39 is 23.8 Å². The monoisotopic (exact) mass is 485 g/mol. The molecular formula is C25H22F3N3O4. The lowest BCUT2D eigenvalue weighted by Crippen LogP contribution is -2.31. The smallest absolute Gasteiger partial charge is 0.491 e. The molecule has 0 radical (unpaired) electrons. The Morgan fingerprint density at radius 2 is 1.69 bits per heavy atom. The van der Waals surface area contributed by atoms with Gasteiger partial charge >= 0.3 is 12.1 Å². The van der Waals surface area contributed by atoms with Crippen molar-refractivity contribution in [2.24, 2.45) is 5.73 Å².